The number of benzene rings is 3. The number of nitrogens with two attached hydrogens (primary N) is 1. The van der Waals surface area contributed by atoms with Crippen LogP contribution in [-0.2, 0) is 4.79 Å². The van der Waals surface area contributed by atoms with Crippen molar-refractivity contribution in [2.24, 2.45) is 0 Å². The normalized spacial score (nSPS) is 14.3. The minimum Gasteiger partial charge on any atom is -0.496 e. The predicted octanol–water partition coefficient (Wildman–Crippen LogP) is 6.05. The Morgan fingerprint density at radius 2 is 1.53 bits per heavy atom. The van der Waals surface area contributed by atoms with Gasteiger partial charge in [0.2, 0.25) is 5.78 Å². The first-order valence-corrected chi connectivity index (χ1v) is 12.8. The van der Waals surface area contributed by atoms with Crippen molar-refractivity contribution in [1.29, 1.82) is 0 Å². The number of amides is 1. The van der Waals surface area contributed by atoms with Crippen LogP contribution in [-0.4, -0.2) is 25.9 Å². The van der Waals surface area contributed by atoms with Gasteiger partial charge in [-0.3, -0.25) is 9.59 Å². The first-order chi connectivity index (χ1) is 18.4. The third-order valence-electron chi connectivity index (χ3n) is 6.56. The van der Waals surface area contributed by atoms with Crippen LogP contribution in [0.2, 0.25) is 0 Å². The number of methoxy groups -OCH3 is 2. The Labute approximate surface area is 224 Å². The van der Waals surface area contributed by atoms with E-state index in [0.717, 1.165) is 10.6 Å². The SMILES string of the molecule is COc1ccccc1NC(=O)C1=C(C)Nc2sc(C(=O)c3ccccc3)c(N)c2[C@@H]1c1ccccc1OC. The molecule has 1 amide bonds. The van der Waals surface area contributed by atoms with Crippen molar-refractivity contribution in [2.45, 2.75) is 12.8 Å². The summed E-state index contributed by atoms with van der Waals surface area (Å²) in [6, 6.07) is 23.8. The molecule has 0 radical (unpaired) electrons. The molecule has 2 heterocycles. The molecule has 1 aliphatic rings. The molecule has 7 nitrogen and oxygen atoms in total. The van der Waals surface area contributed by atoms with E-state index in [1.165, 1.54) is 11.3 Å². The number of thiophene rings is 1. The molecule has 192 valence electrons. The molecule has 0 unspecified atom stereocenters. The number of rotatable bonds is 7. The van der Waals surface area contributed by atoms with E-state index in [0.29, 0.717) is 50.1 Å². The Morgan fingerprint density at radius 1 is 0.895 bits per heavy atom. The van der Waals surface area contributed by atoms with Crippen molar-refractivity contribution in [1.82, 2.24) is 0 Å². The van der Waals surface area contributed by atoms with Crippen LogP contribution in [0.1, 0.15) is 39.2 Å². The largest absolute Gasteiger partial charge is 0.496 e. The summed E-state index contributed by atoms with van der Waals surface area (Å²) < 4.78 is 11.1. The minimum absolute atomic E-state index is 0.166. The average Bonchev–Trinajstić information content (AvgIpc) is 3.27. The number of anilines is 3. The lowest BCUT2D eigenvalue weighted by molar-refractivity contribution is -0.113. The van der Waals surface area contributed by atoms with E-state index in [1.807, 2.05) is 61.5 Å². The van der Waals surface area contributed by atoms with Crippen molar-refractivity contribution >= 4 is 39.4 Å². The monoisotopic (exact) mass is 525 g/mol. The van der Waals surface area contributed by atoms with Crippen LogP contribution in [0.5, 0.6) is 11.5 Å². The molecule has 1 atom stereocenters. The number of allylic oxidation sites excluding steroid dienone is 1. The predicted molar refractivity (Wildman–Crippen MR) is 151 cm³/mol. The Bertz CT molecular complexity index is 1560. The van der Waals surface area contributed by atoms with Crippen molar-refractivity contribution in [3.8, 4) is 11.5 Å². The first-order valence-electron chi connectivity index (χ1n) is 12.0. The van der Waals surface area contributed by atoms with E-state index < -0.39 is 5.92 Å². The molecular weight excluding hydrogens is 498 g/mol. The summed E-state index contributed by atoms with van der Waals surface area (Å²) in [6.45, 7) is 1.84. The molecule has 0 fully saturated rings. The summed E-state index contributed by atoms with van der Waals surface area (Å²) in [5.74, 6) is 0.0968. The van der Waals surface area contributed by atoms with Crippen LogP contribution >= 0.6 is 11.3 Å². The third-order valence-corrected chi connectivity index (χ3v) is 7.69. The molecule has 38 heavy (non-hydrogen) atoms. The fourth-order valence-electron chi connectivity index (χ4n) is 4.78. The van der Waals surface area contributed by atoms with Gasteiger partial charge in [-0.05, 0) is 25.1 Å². The molecule has 0 saturated carbocycles. The lowest BCUT2D eigenvalue weighted by atomic mass is 9.80. The quantitative estimate of drug-likeness (QED) is 0.254. The maximum Gasteiger partial charge on any atom is 0.254 e. The van der Waals surface area contributed by atoms with Crippen molar-refractivity contribution in [3.63, 3.8) is 0 Å². The van der Waals surface area contributed by atoms with Gasteiger partial charge in [-0.2, -0.15) is 0 Å². The zero-order chi connectivity index (χ0) is 26.8. The smallest absolute Gasteiger partial charge is 0.254 e. The van der Waals surface area contributed by atoms with E-state index in [2.05, 4.69) is 10.6 Å². The molecule has 8 heteroatoms. The fourth-order valence-corrected chi connectivity index (χ4v) is 5.96. The molecule has 4 aromatic rings. The first kappa shape index (κ1) is 25.1. The molecule has 5 rings (SSSR count). The molecule has 0 bridgehead atoms. The maximum absolute atomic E-state index is 13.9. The Hall–Kier alpha value is -4.56. The van der Waals surface area contributed by atoms with Gasteiger partial charge in [-0.1, -0.05) is 60.7 Å². The van der Waals surface area contributed by atoms with Gasteiger partial charge in [0.25, 0.3) is 5.91 Å². The van der Waals surface area contributed by atoms with Crippen LogP contribution < -0.4 is 25.8 Å². The van der Waals surface area contributed by atoms with Crippen LogP contribution in [0.3, 0.4) is 0 Å². The van der Waals surface area contributed by atoms with Gasteiger partial charge in [-0.25, -0.2) is 0 Å². The minimum atomic E-state index is -0.578. The van der Waals surface area contributed by atoms with Crippen molar-refractivity contribution in [2.75, 3.05) is 30.6 Å². The van der Waals surface area contributed by atoms with Crippen LogP contribution in [0.15, 0.2) is 90.1 Å². The Kier molecular flexibility index (Phi) is 6.89. The molecule has 4 N–H and O–H groups in total. The van der Waals surface area contributed by atoms with Gasteiger partial charge in [-0.15, -0.1) is 11.3 Å². The zero-order valence-corrected chi connectivity index (χ0v) is 22.0. The zero-order valence-electron chi connectivity index (χ0n) is 21.2. The molecule has 1 aliphatic heterocycles. The highest BCUT2D eigenvalue weighted by molar-refractivity contribution is 7.19. The van der Waals surface area contributed by atoms with Crippen LogP contribution in [0.4, 0.5) is 16.4 Å². The molecular formula is C30H27N3O4S. The number of hydrogen-bond acceptors (Lipinski definition) is 7. The number of hydrogen-bond donors (Lipinski definition) is 3. The summed E-state index contributed by atoms with van der Waals surface area (Å²) in [5, 5.41) is 7.07. The summed E-state index contributed by atoms with van der Waals surface area (Å²) in [7, 11) is 3.15. The number of nitrogens with one attached hydrogen (secondary N) is 2. The second kappa shape index (κ2) is 10.4. The maximum atomic E-state index is 13.9. The second-order valence-corrected chi connectivity index (χ2v) is 9.80. The lowest BCUT2D eigenvalue weighted by Crippen LogP contribution is -2.27. The Morgan fingerprint density at radius 3 is 2.24 bits per heavy atom. The summed E-state index contributed by atoms with van der Waals surface area (Å²) in [5.41, 5.74) is 10.7. The van der Waals surface area contributed by atoms with E-state index in [1.54, 1.807) is 38.5 Å². The van der Waals surface area contributed by atoms with E-state index >= 15 is 0 Å². The van der Waals surface area contributed by atoms with Gasteiger partial charge >= 0.3 is 0 Å². The molecule has 0 aliphatic carbocycles. The van der Waals surface area contributed by atoms with Crippen molar-refractivity contribution in [3.05, 3.63) is 112 Å². The highest BCUT2D eigenvalue weighted by atomic mass is 32.1. The highest BCUT2D eigenvalue weighted by Crippen LogP contribution is 2.52. The molecule has 0 saturated heterocycles. The number of fused-ring (bicyclic) bond motifs is 1. The number of carbonyl (C=O) groups excluding carboxylic acids is 2. The lowest BCUT2D eigenvalue weighted by Gasteiger charge is -2.30. The van der Waals surface area contributed by atoms with Gasteiger partial charge in [0, 0.05) is 33.9 Å². The third kappa shape index (κ3) is 4.39. The summed E-state index contributed by atoms with van der Waals surface area (Å²) in [6.07, 6.45) is 0. The van der Waals surface area contributed by atoms with Gasteiger partial charge in [0.15, 0.2) is 0 Å². The van der Waals surface area contributed by atoms with Gasteiger partial charge < -0.3 is 25.8 Å². The van der Waals surface area contributed by atoms with Gasteiger partial charge in [0.1, 0.15) is 16.4 Å². The summed E-state index contributed by atoms with van der Waals surface area (Å²) in [4.78, 5) is 27.8. The number of nitrogen functional groups attached to an aromatic ring is 1. The molecule has 3 aromatic carbocycles. The number of carbonyl (C=O) groups is 2. The standard InChI is InChI=1S/C30H27N3O4S/c1-17-23(29(35)33-20-14-8-10-16-22(20)37-3)24(19-13-7-9-15-21(19)36-2)25-26(31)28(38-30(25)32-17)27(34)18-11-5-4-6-12-18/h4-16,24,32H,31H2,1-3H3,(H,33,35)/t24-/m1/s1. The van der Waals surface area contributed by atoms with Crippen LogP contribution in [0.25, 0.3) is 0 Å². The second-order valence-electron chi connectivity index (χ2n) is 8.78. The summed E-state index contributed by atoms with van der Waals surface area (Å²) >= 11 is 1.29. The Balaban J connectivity index is 1.66. The van der Waals surface area contributed by atoms with Gasteiger partial charge in [0.05, 0.1) is 30.6 Å². The molecule has 0 spiro atoms. The van der Waals surface area contributed by atoms with Crippen molar-refractivity contribution < 1.29 is 19.1 Å². The highest BCUT2D eigenvalue weighted by Gasteiger charge is 2.38. The molecule has 1 aromatic heterocycles. The van der Waals surface area contributed by atoms with E-state index in [-0.39, 0.29) is 11.7 Å². The topological polar surface area (TPSA) is 103 Å². The number of ketones is 1. The average molecular weight is 526 g/mol. The van der Waals surface area contributed by atoms with E-state index in [4.69, 9.17) is 15.2 Å². The fraction of sp³-hybridized carbons (Fsp3) is 0.133. The number of ether oxygens (including phenoxy) is 2. The van der Waals surface area contributed by atoms with Crippen LogP contribution in [0, 0.1) is 0 Å². The van der Waals surface area contributed by atoms with E-state index in [9.17, 15) is 9.59 Å². The number of para-hydroxylation sites is 3.